The van der Waals surface area contributed by atoms with Crippen LogP contribution >= 0.6 is 11.6 Å². The van der Waals surface area contributed by atoms with E-state index in [0.717, 1.165) is 41.9 Å². The van der Waals surface area contributed by atoms with Crippen molar-refractivity contribution in [3.63, 3.8) is 0 Å². The van der Waals surface area contributed by atoms with E-state index in [2.05, 4.69) is 25.4 Å². The Kier molecular flexibility index (Phi) is 6.96. The zero-order valence-electron chi connectivity index (χ0n) is 24.6. The van der Waals surface area contributed by atoms with Crippen molar-refractivity contribution in [1.82, 2.24) is 34.3 Å². The predicted molar refractivity (Wildman–Crippen MR) is 163 cm³/mol. The van der Waals surface area contributed by atoms with E-state index in [1.54, 1.807) is 22.5 Å². The fraction of sp³-hybridized carbons (Fsp3) is 0.429. The molecule has 13 nitrogen and oxygen atoms in total. The van der Waals surface area contributed by atoms with Gasteiger partial charge in [-0.3, -0.25) is 14.2 Å². The summed E-state index contributed by atoms with van der Waals surface area (Å²) in [6, 6.07) is 6.39. The van der Waals surface area contributed by atoms with E-state index in [1.807, 2.05) is 44.7 Å². The average Bonchev–Trinajstić information content (AvgIpc) is 3.21. The summed E-state index contributed by atoms with van der Waals surface area (Å²) < 4.78 is 26.9. The molecule has 2 N–H and O–H groups in total. The Bertz CT molecular complexity index is 1960. The SMILES string of the molecule is Cc1cc([C@@H](C)Nc2ccc(Cl)nc2C(=O)NS(C)(=O)=O)c2nc(N3CC4C(c5nn(C)nc5C)[C@H]4C3)n(C)c(=O)c2c1. The molecule has 226 valence electrons. The number of piperidine rings is 1. The van der Waals surface area contributed by atoms with Gasteiger partial charge in [0, 0.05) is 38.7 Å². The molecule has 2 fully saturated rings. The molecule has 0 bridgehead atoms. The van der Waals surface area contributed by atoms with Gasteiger partial charge in [-0.2, -0.15) is 15.0 Å². The van der Waals surface area contributed by atoms with E-state index in [4.69, 9.17) is 16.6 Å². The van der Waals surface area contributed by atoms with E-state index >= 15 is 0 Å². The number of rotatable bonds is 7. The van der Waals surface area contributed by atoms with Gasteiger partial charge in [0.05, 0.1) is 40.3 Å². The normalized spacial score (nSPS) is 20.3. The summed E-state index contributed by atoms with van der Waals surface area (Å²) in [5.41, 5.74) is 4.13. The van der Waals surface area contributed by atoms with Crippen molar-refractivity contribution in [3.05, 3.63) is 68.0 Å². The first kappa shape index (κ1) is 29.1. The highest BCUT2D eigenvalue weighted by Crippen LogP contribution is 2.58. The summed E-state index contributed by atoms with van der Waals surface area (Å²) in [6.07, 6.45) is 0.884. The van der Waals surface area contributed by atoms with E-state index in [0.29, 0.717) is 34.6 Å². The van der Waals surface area contributed by atoms with Crippen LogP contribution in [0.3, 0.4) is 0 Å². The maximum absolute atomic E-state index is 13.7. The number of benzene rings is 1. The number of pyridine rings is 1. The topological polar surface area (TPSA) is 157 Å². The molecule has 15 heteroatoms. The number of hydrogen-bond acceptors (Lipinski definition) is 10. The van der Waals surface area contributed by atoms with Crippen molar-refractivity contribution in [3.8, 4) is 0 Å². The molecule has 0 radical (unpaired) electrons. The van der Waals surface area contributed by atoms with Crippen LogP contribution < -0.4 is 20.5 Å². The Hall–Kier alpha value is -4.04. The first-order chi connectivity index (χ1) is 20.2. The van der Waals surface area contributed by atoms with Crippen LogP contribution in [0.4, 0.5) is 11.6 Å². The number of amides is 1. The molecular formula is C28H32ClN9O4S. The molecule has 1 saturated heterocycles. The van der Waals surface area contributed by atoms with Crippen LogP contribution in [-0.2, 0) is 24.1 Å². The largest absolute Gasteiger partial charge is 0.377 e. The van der Waals surface area contributed by atoms with Crippen LogP contribution in [0.2, 0.25) is 5.15 Å². The van der Waals surface area contributed by atoms with Gasteiger partial charge >= 0.3 is 0 Å². The summed E-state index contributed by atoms with van der Waals surface area (Å²) in [5, 5.41) is 12.8. The number of nitrogens with one attached hydrogen (secondary N) is 2. The zero-order chi connectivity index (χ0) is 31.0. The molecule has 43 heavy (non-hydrogen) atoms. The lowest BCUT2D eigenvalue weighted by Crippen LogP contribution is -2.32. The molecule has 4 atom stereocenters. The minimum atomic E-state index is -3.83. The van der Waals surface area contributed by atoms with Gasteiger partial charge in [0.15, 0.2) is 5.69 Å². The molecule has 1 aliphatic carbocycles. The molecule has 2 aliphatic rings. The highest BCUT2D eigenvalue weighted by Gasteiger charge is 2.58. The van der Waals surface area contributed by atoms with Crippen LogP contribution in [-0.4, -0.2) is 63.2 Å². The van der Waals surface area contributed by atoms with Gasteiger partial charge in [-0.05, 0) is 56.4 Å². The molecule has 4 aromatic rings. The molecule has 4 heterocycles. The van der Waals surface area contributed by atoms with Crippen molar-refractivity contribution < 1.29 is 13.2 Å². The Morgan fingerprint density at radius 3 is 2.42 bits per heavy atom. The van der Waals surface area contributed by atoms with Gasteiger partial charge in [-0.25, -0.2) is 23.1 Å². The van der Waals surface area contributed by atoms with Gasteiger partial charge in [-0.15, -0.1) is 0 Å². The third-order valence-electron chi connectivity index (χ3n) is 8.23. The molecule has 3 aromatic heterocycles. The summed E-state index contributed by atoms with van der Waals surface area (Å²) in [5.74, 6) is 0.903. The fourth-order valence-corrected chi connectivity index (χ4v) is 6.91. The molecule has 2 unspecified atom stereocenters. The van der Waals surface area contributed by atoms with Crippen LogP contribution in [0.5, 0.6) is 0 Å². The molecule has 1 amide bonds. The maximum atomic E-state index is 13.7. The Balaban J connectivity index is 1.33. The quantitative estimate of drug-likeness (QED) is 0.292. The number of aryl methyl sites for hydroxylation is 3. The molecule has 0 spiro atoms. The minimum Gasteiger partial charge on any atom is -0.377 e. The number of carbonyl (C=O) groups is 1. The van der Waals surface area contributed by atoms with Crippen LogP contribution in [0.15, 0.2) is 29.1 Å². The number of carbonyl (C=O) groups excluding carboxylic acids is 1. The second-order valence-corrected chi connectivity index (χ2v) is 13.7. The molecule has 1 saturated carbocycles. The summed E-state index contributed by atoms with van der Waals surface area (Å²) in [6.45, 7) is 7.30. The molecule has 6 rings (SSSR count). The van der Waals surface area contributed by atoms with E-state index < -0.39 is 22.0 Å². The lowest BCUT2D eigenvalue weighted by Gasteiger charge is -2.25. The minimum absolute atomic E-state index is 0.0352. The van der Waals surface area contributed by atoms with Crippen LogP contribution in [0.1, 0.15) is 51.9 Å². The number of sulfonamides is 1. The number of nitrogens with zero attached hydrogens (tertiary/aromatic N) is 7. The van der Waals surface area contributed by atoms with E-state index in [-0.39, 0.29) is 22.1 Å². The van der Waals surface area contributed by atoms with Crippen LogP contribution in [0.25, 0.3) is 10.9 Å². The predicted octanol–water partition coefficient (Wildman–Crippen LogP) is 2.44. The van der Waals surface area contributed by atoms with Crippen molar-refractivity contribution in [2.45, 2.75) is 32.7 Å². The Labute approximate surface area is 253 Å². The molecular weight excluding hydrogens is 594 g/mol. The van der Waals surface area contributed by atoms with E-state index in [1.165, 1.54) is 6.07 Å². The number of fused-ring (bicyclic) bond motifs is 2. The van der Waals surface area contributed by atoms with Gasteiger partial charge < -0.3 is 10.2 Å². The summed E-state index contributed by atoms with van der Waals surface area (Å²) >= 11 is 6.03. The van der Waals surface area contributed by atoms with Crippen molar-refractivity contribution >= 4 is 50.1 Å². The van der Waals surface area contributed by atoms with Crippen molar-refractivity contribution in [1.29, 1.82) is 0 Å². The summed E-state index contributed by atoms with van der Waals surface area (Å²) in [4.78, 5) is 39.3. The number of aromatic nitrogens is 6. The highest BCUT2D eigenvalue weighted by molar-refractivity contribution is 7.89. The lowest BCUT2D eigenvalue weighted by atomic mass is 10.0. The number of halogens is 1. The Morgan fingerprint density at radius 1 is 1.09 bits per heavy atom. The van der Waals surface area contributed by atoms with Gasteiger partial charge in [0.2, 0.25) is 16.0 Å². The second kappa shape index (κ2) is 10.3. The summed E-state index contributed by atoms with van der Waals surface area (Å²) in [7, 11) is -0.252. The first-order valence-electron chi connectivity index (χ1n) is 13.8. The third kappa shape index (κ3) is 5.33. The number of anilines is 2. The zero-order valence-corrected chi connectivity index (χ0v) is 26.2. The average molecular weight is 626 g/mol. The standard InChI is InChI=1S/C28H32ClN9O4S/c1-13-9-16(14(2)30-20-7-8-21(29)31-25(20)26(39)35-43(6,41)42)24-17(10-13)27(40)36(4)28(32-24)38-11-18-19(12-38)22(18)23-15(3)33-37(5)34-23/h7-10,14,18-19,22,30H,11-12H2,1-6H3,(H,35,39)/t14-,18+,19?,22?/m1/s1. The monoisotopic (exact) mass is 625 g/mol. The molecule has 1 aliphatic heterocycles. The lowest BCUT2D eigenvalue weighted by molar-refractivity contribution is 0.0977. The smallest absolute Gasteiger partial charge is 0.285 e. The maximum Gasteiger partial charge on any atom is 0.285 e. The van der Waals surface area contributed by atoms with Crippen molar-refractivity contribution in [2.75, 3.05) is 29.6 Å². The van der Waals surface area contributed by atoms with Gasteiger partial charge in [0.25, 0.3) is 11.5 Å². The van der Waals surface area contributed by atoms with Gasteiger partial charge in [-0.1, -0.05) is 17.7 Å². The van der Waals surface area contributed by atoms with E-state index in [9.17, 15) is 18.0 Å². The van der Waals surface area contributed by atoms with Crippen LogP contribution in [0, 0.1) is 25.7 Å². The Morgan fingerprint density at radius 2 is 1.79 bits per heavy atom. The molecule has 1 aromatic carbocycles. The number of hydrogen-bond donors (Lipinski definition) is 2. The fourth-order valence-electron chi connectivity index (χ4n) is 6.33. The van der Waals surface area contributed by atoms with Gasteiger partial charge in [0.1, 0.15) is 5.15 Å². The first-order valence-corrected chi connectivity index (χ1v) is 16.1. The highest BCUT2D eigenvalue weighted by atomic mass is 35.5. The third-order valence-corrected chi connectivity index (χ3v) is 9.00. The van der Waals surface area contributed by atoms with Crippen molar-refractivity contribution in [2.24, 2.45) is 25.9 Å². The second-order valence-electron chi connectivity index (χ2n) is 11.5.